The first-order valence-electron chi connectivity index (χ1n) is 4.09. The highest BCUT2D eigenvalue weighted by Gasteiger charge is 1.85. The molecule has 72 valence electrons. The Hall–Kier alpha value is -1.35. The molecule has 0 aliphatic heterocycles. The summed E-state index contributed by atoms with van der Waals surface area (Å²) in [5, 5.41) is 0. The third-order valence-electron chi connectivity index (χ3n) is 1.24. The number of nitrogens with two attached hydrogens (primary N) is 1. The Morgan fingerprint density at radius 1 is 1.31 bits per heavy atom. The molecule has 2 N–H and O–H groups in total. The fourth-order valence-electron chi connectivity index (χ4n) is 0.601. The van der Waals surface area contributed by atoms with E-state index in [4.69, 9.17) is 5.73 Å². The van der Waals surface area contributed by atoms with E-state index in [1.54, 1.807) is 12.2 Å². The molecule has 0 saturated carbocycles. The monoisotopic (exact) mass is 181 g/mol. The maximum absolute atomic E-state index is 10.6. The standard InChI is InChI=1S/C10H15NO2/c1-13-10(12)8-6-4-2-3-5-7-9-11/h2-6,8H,7,9,11H2,1H3/b4-2+,5-3+,8-6+. The lowest BCUT2D eigenvalue weighted by molar-refractivity contribution is -0.134. The van der Waals surface area contributed by atoms with Crippen LogP contribution in [0.1, 0.15) is 6.42 Å². The predicted molar refractivity (Wildman–Crippen MR) is 53.1 cm³/mol. The first-order chi connectivity index (χ1) is 6.31. The van der Waals surface area contributed by atoms with Crippen LogP contribution in [-0.2, 0) is 9.53 Å². The van der Waals surface area contributed by atoms with Crippen molar-refractivity contribution < 1.29 is 9.53 Å². The molecule has 3 heteroatoms. The number of hydrogen-bond donors (Lipinski definition) is 1. The van der Waals surface area contributed by atoms with Crippen LogP contribution < -0.4 is 5.73 Å². The van der Waals surface area contributed by atoms with Crippen LogP contribution in [0.2, 0.25) is 0 Å². The average Bonchev–Trinajstić information content (AvgIpc) is 2.16. The van der Waals surface area contributed by atoms with Gasteiger partial charge in [0.25, 0.3) is 0 Å². The van der Waals surface area contributed by atoms with Crippen molar-refractivity contribution in [3.63, 3.8) is 0 Å². The maximum Gasteiger partial charge on any atom is 0.330 e. The van der Waals surface area contributed by atoms with Gasteiger partial charge in [0.05, 0.1) is 7.11 Å². The summed E-state index contributed by atoms with van der Waals surface area (Å²) in [6.45, 7) is 0.655. The molecule has 0 amide bonds. The lowest BCUT2D eigenvalue weighted by Gasteiger charge is -1.85. The highest BCUT2D eigenvalue weighted by atomic mass is 16.5. The number of allylic oxidation sites excluding steroid dienone is 4. The van der Waals surface area contributed by atoms with Gasteiger partial charge in [0.15, 0.2) is 0 Å². The molecule has 0 bridgehead atoms. The second-order valence-corrected chi connectivity index (χ2v) is 2.27. The molecule has 0 aromatic heterocycles. The van der Waals surface area contributed by atoms with Crippen molar-refractivity contribution >= 4 is 5.97 Å². The van der Waals surface area contributed by atoms with Crippen LogP contribution in [0, 0.1) is 0 Å². The third kappa shape index (κ3) is 8.56. The minimum Gasteiger partial charge on any atom is -0.466 e. The molecule has 0 aliphatic carbocycles. The van der Waals surface area contributed by atoms with Crippen molar-refractivity contribution in [2.75, 3.05) is 13.7 Å². The van der Waals surface area contributed by atoms with Crippen LogP contribution in [0.4, 0.5) is 0 Å². The molecule has 0 saturated heterocycles. The van der Waals surface area contributed by atoms with Crippen LogP contribution in [0.3, 0.4) is 0 Å². The second kappa shape index (κ2) is 8.74. The number of hydrogen-bond acceptors (Lipinski definition) is 3. The van der Waals surface area contributed by atoms with Gasteiger partial charge in [-0.2, -0.15) is 0 Å². The van der Waals surface area contributed by atoms with Crippen LogP contribution in [0.5, 0.6) is 0 Å². The van der Waals surface area contributed by atoms with Gasteiger partial charge in [-0.15, -0.1) is 0 Å². The van der Waals surface area contributed by atoms with Crippen molar-refractivity contribution in [1.82, 2.24) is 0 Å². The average molecular weight is 181 g/mol. The molecule has 0 spiro atoms. The fourth-order valence-corrected chi connectivity index (χ4v) is 0.601. The van der Waals surface area contributed by atoms with E-state index >= 15 is 0 Å². The molecule has 0 aromatic carbocycles. The summed E-state index contributed by atoms with van der Waals surface area (Å²) in [6.07, 6.45) is 11.3. The number of ether oxygens (including phenoxy) is 1. The van der Waals surface area contributed by atoms with E-state index in [9.17, 15) is 4.79 Å². The van der Waals surface area contributed by atoms with Gasteiger partial charge in [0.2, 0.25) is 0 Å². The number of rotatable bonds is 5. The van der Waals surface area contributed by atoms with E-state index in [0.29, 0.717) is 6.54 Å². The van der Waals surface area contributed by atoms with Crippen molar-refractivity contribution in [2.45, 2.75) is 6.42 Å². The Kier molecular flexibility index (Phi) is 7.84. The molecule has 0 atom stereocenters. The van der Waals surface area contributed by atoms with E-state index in [1.165, 1.54) is 13.2 Å². The molecule has 0 unspecified atom stereocenters. The van der Waals surface area contributed by atoms with Crippen LogP contribution in [0.15, 0.2) is 36.5 Å². The lowest BCUT2D eigenvalue weighted by atomic mass is 10.3. The predicted octanol–water partition coefficient (Wildman–Crippen LogP) is 1.18. The van der Waals surface area contributed by atoms with E-state index in [-0.39, 0.29) is 5.97 Å². The number of carbonyl (C=O) groups excluding carboxylic acids is 1. The van der Waals surface area contributed by atoms with Gasteiger partial charge in [-0.25, -0.2) is 4.79 Å². The highest BCUT2D eigenvalue weighted by Crippen LogP contribution is 1.84. The van der Waals surface area contributed by atoms with Crippen LogP contribution in [-0.4, -0.2) is 19.6 Å². The Morgan fingerprint density at radius 2 is 2.00 bits per heavy atom. The minimum absolute atomic E-state index is 0.351. The molecule has 0 radical (unpaired) electrons. The highest BCUT2D eigenvalue weighted by molar-refractivity contribution is 5.82. The van der Waals surface area contributed by atoms with Gasteiger partial charge in [-0.3, -0.25) is 0 Å². The molecule has 3 nitrogen and oxygen atoms in total. The SMILES string of the molecule is COC(=O)/C=C/C=C/C=C/CCN. The summed E-state index contributed by atoms with van der Waals surface area (Å²) >= 11 is 0. The molecule has 0 heterocycles. The molecule has 13 heavy (non-hydrogen) atoms. The van der Waals surface area contributed by atoms with Gasteiger partial charge in [0, 0.05) is 6.08 Å². The quantitative estimate of drug-likeness (QED) is 0.393. The minimum atomic E-state index is -0.351. The Labute approximate surface area is 78.6 Å². The molecule has 0 rings (SSSR count). The van der Waals surface area contributed by atoms with Crippen molar-refractivity contribution in [1.29, 1.82) is 0 Å². The Bertz CT molecular complexity index is 217. The summed E-state index contributed by atoms with van der Waals surface area (Å²) in [4.78, 5) is 10.6. The number of esters is 1. The zero-order valence-corrected chi connectivity index (χ0v) is 7.77. The third-order valence-corrected chi connectivity index (χ3v) is 1.24. The van der Waals surface area contributed by atoms with Crippen molar-refractivity contribution in [3.8, 4) is 0 Å². The fraction of sp³-hybridized carbons (Fsp3) is 0.300. The smallest absolute Gasteiger partial charge is 0.330 e. The maximum atomic E-state index is 10.6. The van der Waals surface area contributed by atoms with E-state index < -0.39 is 0 Å². The van der Waals surface area contributed by atoms with E-state index in [2.05, 4.69) is 4.74 Å². The van der Waals surface area contributed by atoms with Crippen molar-refractivity contribution in [2.24, 2.45) is 5.73 Å². The lowest BCUT2D eigenvalue weighted by Crippen LogP contribution is -1.94. The molecule has 0 fully saturated rings. The normalized spacial score (nSPS) is 11.8. The topological polar surface area (TPSA) is 52.3 Å². The van der Waals surface area contributed by atoms with Crippen LogP contribution >= 0.6 is 0 Å². The Morgan fingerprint density at radius 3 is 2.62 bits per heavy atom. The molecular weight excluding hydrogens is 166 g/mol. The Balaban J connectivity index is 3.62. The van der Waals surface area contributed by atoms with Gasteiger partial charge in [0.1, 0.15) is 0 Å². The van der Waals surface area contributed by atoms with Gasteiger partial charge < -0.3 is 10.5 Å². The first-order valence-corrected chi connectivity index (χ1v) is 4.09. The number of carbonyl (C=O) groups is 1. The molecular formula is C10H15NO2. The van der Waals surface area contributed by atoms with Gasteiger partial charge >= 0.3 is 5.97 Å². The first kappa shape index (κ1) is 11.6. The zero-order valence-electron chi connectivity index (χ0n) is 7.77. The largest absolute Gasteiger partial charge is 0.466 e. The van der Waals surface area contributed by atoms with Gasteiger partial charge in [-0.05, 0) is 13.0 Å². The zero-order chi connectivity index (χ0) is 9.94. The molecule has 0 aromatic rings. The van der Waals surface area contributed by atoms with E-state index in [1.807, 2.05) is 18.2 Å². The summed E-state index contributed by atoms with van der Waals surface area (Å²) in [5.41, 5.74) is 5.28. The summed E-state index contributed by atoms with van der Waals surface area (Å²) in [7, 11) is 1.34. The summed E-state index contributed by atoms with van der Waals surface area (Å²) in [6, 6.07) is 0. The second-order valence-electron chi connectivity index (χ2n) is 2.27. The molecule has 0 aliphatic rings. The van der Waals surface area contributed by atoms with Crippen molar-refractivity contribution in [3.05, 3.63) is 36.5 Å². The van der Waals surface area contributed by atoms with E-state index in [0.717, 1.165) is 6.42 Å². The van der Waals surface area contributed by atoms with Crippen LogP contribution in [0.25, 0.3) is 0 Å². The number of methoxy groups -OCH3 is 1. The summed E-state index contributed by atoms with van der Waals surface area (Å²) in [5.74, 6) is -0.351. The summed E-state index contributed by atoms with van der Waals surface area (Å²) < 4.78 is 4.40. The van der Waals surface area contributed by atoms with Gasteiger partial charge in [-0.1, -0.05) is 30.4 Å².